The lowest BCUT2D eigenvalue weighted by molar-refractivity contribution is -0.133. The van der Waals surface area contributed by atoms with Crippen LogP contribution in [0.3, 0.4) is 0 Å². The number of pyridine rings is 1. The molecule has 0 saturated carbocycles. The molecule has 2 N–H and O–H groups in total. The molecule has 10 nitrogen and oxygen atoms in total. The molecule has 3 aromatic heterocycles. The summed E-state index contributed by atoms with van der Waals surface area (Å²) in [6.07, 6.45) is 3.99. The third-order valence-electron chi connectivity index (χ3n) is 6.15. The summed E-state index contributed by atoms with van der Waals surface area (Å²) < 4.78 is 8.18. The van der Waals surface area contributed by atoms with Crippen LogP contribution in [0.25, 0.3) is 22.4 Å². The molecular weight excluding hydrogens is 408 g/mol. The average molecular weight is 437 g/mol. The molecule has 1 saturated heterocycles. The summed E-state index contributed by atoms with van der Waals surface area (Å²) in [5.74, 6) is 1.46. The van der Waals surface area contributed by atoms with Crippen molar-refractivity contribution in [1.29, 1.82) is 0 Å². The van der Waals surface area contributed by atoms with Crippen LogP contribution in [-0.2, 0) is 16.1 Å². The summed E-state index contributed by atoms with van der Waals surface area (Å²) in [7, 11) is 1.84. The number of ether oxygens (including phenoxy) is 1. The van der Waals surface area contributed by atoms with Crippen molar-refractivity contribution in [2.75, 3.05) is 32.1 Å². The van der Waals surface area contributed by atoms with Gasteiger partial charge in [0.2, 0.25) is 11.9 Å². The highest BCUT2D eigenvalue weighted by atomic mass is 16.5. The van der Waals surface area contributed by atoms with Gasteiger partial charge in [-0.05, 0) is 32.4 Å². The van der Waals surface area contributed by atoms with E-state index in [2.05, 4.69) is 25.2 Å². The van der Waals surface area contributed by atoms with Gasteiger partial charge in [0.15, 0.2) is 0 Å². The second kappa shape index (κ2) is 8.44. The number of fused-ring (bicyclic) bond motifs is 5. The van der Waals surface area contributed by atoms with Crippen molar-refractivity contribution in [2.24, 2.45) is 0 Å². The number of hydrogen-bond acceptors (Lipinski definition) is 8. The number of rotatable bonds is 2. The molecule has 3 atom stereocenters. The predicted octanol–water partition coefficient (Wildman–Crippen LogP) is 1.22. The zero-order chi connectivity index (χ0) is 22.2. The number of nitrogens with one attached hydrogen (secondary N) is 2. The Kier molecular flexibility index (Phi) is 5.48. The van der Waals surface area contributed by atoms with Crippen molar-refractivity contribution in [3.63, 3.8) is 0 Å². The van der Waals surface area contributed by atoms with Gasteiger partial charge in [0, 0.05) is 45.2 Å². The molecule has 32 heavy (non-hydrogen) atoms. The Balaban J connectivity index is 1.65. The van der Waals surface area contributed by atoms with Gasteiger partial charge in [-0.15, -0.1) is 0 Å². The fraction of sp³-hybridized carbons (Fsp3) is 0.500. The second-order valence-corrected chi connectivity index (χ2v) is 8.40. The maximum Gasteiger partial charge on any atom is 0.239 e. The van der Waals surface area contributed by atoms with E-state index in [1.54, 1.807) is 17.3 Å². The van der Waals surface area contributed by atoms with Crippen molar-refractivity contribution in [1.82, 2.24) is 34.7 Å². The third-order valence-corrected chi connectivity index (χ3v) is 6.15. The number of nitrogens with zero attached hydrogens (tertiary/aromatic N) is 6. The van der Waals surface area contributed by atoms with Crippen LogP contribution in [0.1, 0.15) is 19.2 Å². The Morgan fingerprint density at radius 3 is 2.88 bits per heavy atom. The van der Waals surface area contributed by atoms with Crippen LogP contribution in [0.4, 0.5) is 5.95 Å². The summed E-state index contributed by atoms with van der Waals surface area (Å²) in [5.41, 5.74) is 3.25. The van der Waals surface area contributed by atoms with E-state index in [0.717, 1.165) is 28.2 Å². The number of aryl methyl sites for hydroxylation is 1. The van der Waals surface area contributed by atoms with Crippen LogP contribution in [-0.4, -0.2) is 80.2 Å². The molecule has 168 valence electrons. The van der Waals surface area contributed by atoms with Crippen molar-refractivity contribution in [3.05, 3.63) is 30.4 Å². The molecule has 0 radical (unpaired) electrons. The van der Waals surface area contributed by atoms with Gasteiger partial charge in [0.1, 0.15) is 11.5 Å². The van der Waals surface area contributed by atoms with Crippen LogP contribution >= 0.6 is 0 Å². The van der Waals surface area contributed by atoms with E-state index in [1.807, 2.05) is 33.0 Å². The van der Waals surface area contributed by atoms with Gasteiger partial charge < -0.3 is 24.8 Å². The minimum atomic E-state index is -0.242. The first-order chi connectivity index (χ1) is 15.5. The maximum atomic E-state index is 13.1. The normalized spacial score (nSPS) is 23.7. The smallest absolute Gasteiger partial charge is 0.239 e. The quantitative estimate of drug-likeness (QED) is 0.617. The molecule has 1 unspecified atom stereocenters. The molecule has 2 aliphatic rings. The summed E-state index contributed by atoms with van der Waals surface area (Å²) in [6, 6.07) is 3.60. The van der Waals surface area contributed by atoms with Crippen LogP contribution < -0.4 is 10.6 Å². The molecule has 5 heterocycles. The molecule has 0 spiro atoms. The van der Waals surface area contributed by atoms with Crippen LogP contribution in [0.2, 0.25) is 0 Å². The number of imidazole rings is 1. The van der Waals surface area contributed by atoms with E-state index in [-0.39, 0.29) is 24.1 Å². The van der Waals surface area contributed by atoms with Gasteiger partial charge in [-0.2, -0.15) is 0 Å². The van der Waals surface area contributed by atoms with E-state index in [0.29, 0.717) is 38.6 Å². The molecule has 0 aliphatic carbocycles. The van der Waals surface area contributed by atoms with Crippen LogP contribution in [0, 0.1) is 6.92 Å². The van der Waals surface area contributed by atoms with E-state index in [4.69, 9.17) is 14.7 Å². The first-order valence-corrected chi connectivity index (χ1v) is 11.0. The van der Waals surface area contributed by atoms with Crippen molar-refractivity contribution in [3.8, 4) is 11.4 Å². The first-order valence-electron chi connectivity index (χ1n) is 11.0. The summed E-state index contributed by atoms with van der Waals surface area (Å²) in [4.78, 5) is 33.4. The third kappa shape index (κ3) is 3.80. The monoisotopic (exact) mass is 436 g/mol. The fourth-order valence-corrected chi connectivity index (χ4v) is 4.65. The van der Waals surface area contributed by atoms with Gasteiger partial charge in [0.05, 0.1) is 35.4 Å². The standard InChI is InChI=1S/C22H28N8O2/c1-4-32-15-11-29(3)21(31)18-9-14(10-25-18)27-22-24-8-5-16(28-22)19-20-17(6-7-23-19)26-13(2)30(20)12-15/h5-8,14-15,18,25H,4,9-12H2,1-3H3,(H,24,27,28)/t14?,15-,18-/m0/s1. The molecule has 4 bridgehead atoms. The lowest BCUT2D eigenvalue weighted by Crippen LogP contribution is -2.45. The highest BCUT2D eigenvalue weighted by Crippen LogP contribution is 2.28. The van der Waals surface area contributed by atoms with Crippen molar-refractivity contribution < 1.29 is 9.53 Å². The number of hydrogen-bond donors (Lipinski definition) is 2. The van der Waals surface area contributed by atoms with Crippen LogP contribution in [0.5, 0.6) is 0 Å². The molecule has 5 rings (SSSR count). The summed E-state index contributed by atoms with van der Waals surface area (Å²) in [5, 5.41) is 6.71. The minimum absolute atomic E-state index is 0.0666. The number of anilines is 1. The molecule has 1 amide bonds. The average Bonchev–Trinajstić information content (AvgIpc) is 3.37. The zero-order valence-electron chi connectivity index (χ0n) is 18.6. The molecule has 0 aromatic carbocycles. The largest absolute Gasteiger partial charge is 0.375 e. The molecule has 3 aromatic rings. The minimum Gasteiger partial charge on any atom is -0.375 e. The van der Waals surface area contributed by atoms with E-state index in [9.17, 15) is 4.79 Å². The SMILES string of the molecule is CCO[C@H]1CN(C)C(=O)[C@@H]2CC(CN2)Nc2nccc(n2)-c2nccc3nc(C)n(c23)C1. The van der Waals surface area contributed by atoms with Gasteiger partial charge in [-0.3, -0.25) is 9.78 Å². The number of likely N-dealkylation sites (N-methyl/N-ethyl adjacent to an activating group) is 1. The second-order valence-electron chi connectivity index (χ2n) is 8.40. The van der Waals surface area contributed by atoms with Crippen LogP contribution in [0.15, 0.2) is 24.5 Å². The van der Waals surface area contributed by atoms with Crippen molar-refractivity contribution in [2.45, 2.75) is 45.0 Å². The molecule has 10 heteroatoms. The highest BCUT2D eigenvalue weighted by molar-refractivity contribution is 5.89. The molecule has 1 fully saturated rings. The number of amides is 1. The van der Waals surface area contributed by atoms with Gasteiger partial charge >= 0.3 is 0 Å². The lowest BCUT2D eigenvalue weighted by atomic mass is 10.1. The Labute approximate surface area is 186 Å². The topological polar surface area (TPSA) is 110 Å². The van der Waals surface area contributed by atoms with Crippen molar-refractivity contribution >= 4 is 22.9 Å². The first kappa shape index (κ1) is 20.8. The lowest BCUT2D eigenvalue weighted by Gasteiger charge is -2.27. The van der Waals surface area contributed by atoms with E-state index in [1.165, 1.54) is 0 Å². The zero-order valence-corrected chi connectivity index (χ0v) is 18.6. The summed E-state index contributed by atoms with van der Waals surface area (Å²) in [6.45, 7) is 6.24. The molecular formula is C22H28N8O2. The Morgan fingerprint density at radius 1 is 1.19 bits per heavy atom. The Bertz CT molecular complexity index is 1150. The molecule has 2 aliphatic heterocycles. The number of carbonyl (C=O) groups is 1. The Hall–Kier alpha value is -3.11. The summed E-state index contributed by atoms with van der Waals surface area (Å²) >= 11 is 0. The van der Waals surface area contributed by atoms with E-state index < -0.39 is 0 Å². The predicted molar refractivity (Wildman–Crippen MR) is 120 cm³/mol. The number of carbonyl (C=O) groups excluding carboxylic acids is 1. The number of aromatic nitrogens is 5. The van der Waals surface area contributed by atoms with E-state index >= 15 is 0 Å². The van der Waals surface area contributed by atoms with Gasteiger partial charge in [-0.25, -0.2) is 15.0 Å². The van der Waals surface area contributed by atoms with Gasteiger partial charge in [-0.1, -0.05) is 0 Å². The maximum absolute atomic E-state index is 13.1. The Morgan fingerprint density at radius 2 is 2.03 bits per heavy atom. The highest BCUT2D eigenvalue weighted by Gasteiger charge is 2.33. The van der Waals surface area contributed by atoms with Gasteiger partial charge in [0.25, 0.3) is 0 Å². The fourth-order valence-electron chi connectivity index (χ4n) is 4.65.